The molecule has 1 unspecified atom stereocenters. The van der Waals surface area contributed by atoms with Crippen LogP contribution in [0.2, 0.25) is 0 Å². The molecule has 0 aromatic heterocycles. The highest BCUT2D eigenvalue weighted by molar-refractivity contribution is 9.10. The fraction of sp³-hybridized carbons (Fsp3) is 0.250. The van der Waals surface area contributed by atoms with E-state index < -0.39 is 0 Å². The topological polar surface area (TPSA) is 12.0 Å². The van der Waals surface area contributed by atoms with Gasteiger partial charge in [-0.15, -0.1) is 0 Å². The van der Waals surface area contributed by atoms with Gasteiger partial charge in [-0.25, -0.2) is 4.39 Å². The van der Waals surface area contributed by atoms with E-state index >= 15 is 0 Å². The minimum Gasteiger partial charge on any atom is -0.307 e. The van der Waals surface area contributed by atoms with E-state index in [4.69, 9.17) is 0 Å². The first-order valence-corrected chi connectivity index (χ1v) is 7.15. The third kappa shape index (κ3) is 3.64. The number of hydrogen-bond acceptors (Lipinski definition) is 1. The van der Waals surface area contributed by atoms with E-state index in [-0.39, 0.29) is 11.9 Å². The summed E-state index contributed by atoms with van der Waals surface area (Å²) in [5, 5.41) is 3.41. The van der Waals surface area contributed by atoms with Gasteiger partial charge in [-0.1, -0.05) is 41.1 Å². The van der Waals surface area contributed by atoms with Crippen molar-refractivity contribution in [1.29, 1.82) is 0 Å². The summed E-state index contributed by atoms with van der Waals surface area (Å²) in [5.41, 5.74) is 3.03. The van der Waals surface area contributed by atoms with E-state index in [1.165, 1.54) is 0 Å². The van der Waals surface area contributed by atoms with E-state index in [9.17, 15) is 4.39 Å². The Labute approximate surface area is 122 Å². The van der Waals surface area contributed by atoms with Crippen LogP contribution < -0.4 is 5.32 Å². The van der Waals surface area contributed by atoms with Crippen LogP contribution in [-0.4, -0.2) is 6.54 Å². The van der Waals surface area contributed by atoms with Gasteiger partial charge in [0.2, 0.25) is 0 Å². The van der Waals surface area contributed by atoms with Gasteiger partial charge in [0, 0.05) is 4.47 Å². The maximum Gasteiger partial charge on any atom is 0.123 e. The normalized spacial score (nSPS) is 12.4. The Balaban J connectivity index is 2.41. The van der Waals surface area contributed by atoms with Crippen LogP contribution in [0.1, 0.15) is 29.7 Å². The van der Waals surface area contributed by atoms with Gasteiger partial charge in [0.25, 0.3) is 0 Å². The number of rotatable bonds is 4. The molecule has 0 bridgehead atoms. The zero-order chi connectivity index (χ0) is 13.8. The summed E-state index contributed by atoms with van der Waals surface area (Å²) in [5.74, 6) is -0.185. The molecule has 100 valence electrons. The number of aryl methyl sites for hydroxylation is 1. The standard InChI is InChI=1S/C16H17BrFN/c1-3-19-16(12-4-6-14(17)7-5-12)13-8-11(2)9-15(18)10-13/h4-10,16,19H,3H2,1-2H3. The molecule has 3 heteroatoms. The third-order valence-corrected chi connectivity index (χ3v) is 3.54. The lowest BCUT2D eigenvalue weighted by Gasteiger charge is -2.19. The molecule has 0 aliphatic rings. The molecule has 0 radical (unpaired) electrons. The summed E-state index contributed by atoms with van der Waals surface area (Å²) in [6.45, 7) is 4.80. The van der Waals surface area contributed by atoms with Gasteiger partial charge >= 0.3 is 0 Å². The molecular formula is C16H17BrFN. The van der Waals surface area contributed by atoms with Crippen LogP contribution in [0.15, 0.2) is 46.9 Å². The fourth-order valence-corrected chi connectivity index (χ4v) is 2.48. The van der Waals surface area contributed by atoms with Crippen molar-refractivity contribution >= 4 is 15.9 Å². The van der Waals surface area contributed by atoms with Crippen molar-refractivity contribution in [2.24, 2.45) is 0 Å². The van der Waals surface area contributed by atoms with E-state index in [2.05, 4.69) is 40.3 Å². The Morgan fingerprint density at radius 2 is 1.79 bits per heavy atom. The number of benzene rings is 2. The summed E-state index contributed by atoms with van der Waals surface area (Å²) in [6.07, 6.45) is 0. The van der Waals surface area contributed by atoms with Gasteiger partial charge in [0.05, 0.1) is 6.04 Å². The molecule has 1 nitrogen and oxygen atoms in total. The lowest BCUT2D eigenvalue weighted by atomic mass is 9.97. The van der Waals surface area contributed by atoms with Gasteiger partial charge in [0.15, 0.2) is 0 Å². The maximum absolute atomic E-state index is 13.6. The van der Waals surface area contributed by atoms with Crippen LogP contribution in [0, 0.1) is 12.7 Å². The monoisotopic (exact) mass is 321 g/mol. The number of halogens is 2. The second kappa shape index (κ2) is 6.31. The molecule has 0 saturated heterocycles. The van der Waals surface area contributed by atoms with E-state index in [0.717, 1.165) is 27.7 Å². The fourth-order valence-electron chi connectivity index (χ4n) is 2.22. The van der Waals surface area contributed by atoms with E-state index in [1.807, 2.05) is 25.1 Å². The quantitative estimate of drug-likeness (QED) is 0.868. The van der Waals surface area contributed by atoms with Crippen LogP contribution in [-0.2, 0) is 0 Å². The van der Waals surface area contributed by atoms with Gasteiger partial charge in [0.1, 0.15) is 5.82 Å². The second-order valence-corrected chi connectivity index (χ2v) is 5.52. The lowest BCUT2D eigenvalue weighted by molar-refractivity contribution is 0.602. The molecule has 1 atom stereocenters. The van der Waals surface area contributed by atoms with Crippen LogP contribution in [0.25, 0.3) is 0 Å². The average Bonchev–Trinajstić information content (AvgIpc) is 2.36. The first-order valence-electron chi connectivity index (χ1n) is 6.36. The molecule has 0 aliphatic heterocycles. The molecule has 0 spiro atoms. The van der Waals surface area contributed by atoms with Crippen molar-refractivity contribution in [2.45, 2.75) is 19.9 Å². The first kappa shape index (κ1) is 14.2. The summed E-state index contributed by atoms with van der Waals surface area (Å²) < 4.78 is 14.6. The van der Waals surface area contributed by atoms with Crippen LogP contribution >= 0.6 is 15.9 Å². The van der Waals surface area contributed by atoms with Crippen LogP contribution in [0.5, 0.6) is 0 Å². The molecule has 1 N–H and O–H groups in total. The zero-order valence-electron chi connectivity index (χ0n) is 11.1. The van der Waals surface area contributed by atoms with Crippen molar-refractivity contribution < 1.29 is 4.39 Å². The molecule has 0 saturated carbocycles. The molecule has 2 aromatic rings. The summed E-state index contributed by atoms with van der Waals surface area (Å²) in [4.78, 5) is 0. The average molecular weight is 322 g/mol. The SMILES string of the molecule is CCNC(c1ccc(Br)cc1)c1cc(C)cc(F)c1. The molecule has 0 aliphatic carbocycles. The van der Waals surface area contributed by atoms with Crippen molar-refractivity contribution in [1.82, 2.24) is 5.32 Å². The Kier molecular flexibility index (Phi) is 4.72. The number of nitrogens with one attached hydrogen (secondary N) is 1. The van der Waals surface area contributed by atoms with Crippen molar-refractivity contribution in [2.75, 3.05) is 6.54 Å². The molecule has 2 rings (SSSR count). The molecule has 0 heterocycles. The van der Waals surface area contributed by atoms with E-state index in [0.29, 0.717) is 0 Å². The summed E-state index contributed by atoms with van der Waals surface area (Å²) in [7, 11) is 0. The third-order valence-electron chi connectivity index (χ3n) is 3.01. The largest absolute Gasteiger partial charge is 0.307 e. The predicted octanol–water partition coefficient (Wildman–Crippen LogP) is 4.60. The second-order valence-electron chi connectivity index (χ2n) is 4.60. The van der Waals surface area contributed by atoms with E-state index in [1.54, 1.807) is 12.1 Å². The zero-order valence-corrected chi connectivity index (χ0v) is 12.7. The van der Waals surface area contributed by atoms with Gasteiger partial charge in [-0.3, -0.25) is 0 Å². The Morgan fingerprint density at radius 3 is 2.37 bits per heavy atom. The van der Waals surface area contributed by atoms with Crippen LogP contribution in [0.4, 0.5) is 4.39 Å². The minimum atomic E-state index is -0.185. The smallest absolute Gasteiger partial charge is 0.123 e. The Morgan fingerprint density at radius 1 is 1.11 bits per heavy atom. The first-order chi connectivity index (χ1) is 9.10. The Bertz CT molecular complexity index is 531. The highest BCUT2D eigenvalue weighted by atomic mass is 79.9. The van der Waals surface area contributed by atoms with Gasteiger partial charge in [-0.2, -0.15) is 0 Å². The maximum atomic E-state index is 13.6. The van der Waals surface area contributed by atoms with Gasteiger partial charge in [-0.05, 0) is 54.4 Å². The van der Waals surface area contributed by atoms with Crippen molar-refractivity contribution in [3.05, 3.63) is 69.4 Å². The predicted molar refractivity (Wildman–Crippen MR) is 80.8 cm³/mol. The molecule has 19 heavy (non-hydrogen) atoms. The van der Waals surface area contributed by atoms with Crippen LogP contribution in [0.3, 0.4) is 0 Å². The minimum absolute atomic E-state index is 0.0208. The molecule has 0 amide bonds. The highest BCUT2D eigenvalue weighted by Crippen LogP contribution is 2.25. The summed E-state index contributed by atoms with van der Waals surface area (Å²) >= 11 is 3.43. The van der Waals surface area contributed by atoms with Gasteiger partial charge < -0.3 is 5.32 Å². The molecule has 2 aromatic carbocycles. The van der Waals surface area contributed by atoms with Crippen molar-refractivity contribution in [3.8, 4) is 0 Å². The van der Waals surface area contributed by atoms with Crippen molar-refractivity contribution in [3.63, 3.8) is 0 Å². The number of hydrogen-bond donors (Lipinski definition) is 1. The lowest BCUT2D eigenvalue weighted by Crippen LogP contribution is -2.22. The molecule has 0 fully saturated rings. The Hall–Kier alpha value is -1.19. The highest BCUT2D eigenvalue weighted by Gasteiger charge is 2.14. The molecular weight excluding hydrogens is 305 g/mol. The summed E-state index contributed by atoms with van der Waals surface area (Å²) in [6, 6.07) is 13.3.